The second-order valence-corrected chi connectivity index (χ2v) is 5.20. The van der Waals surface area contributed by atoms with Crippen LogP contribution >= 0.6 is 0 Å². The van der Waals surface area contributed by atoms with Gasteiger partial charge in [0.05, 0.1) is 7.11 Å². The Morgan fingerprint density at radius 3 is 2.74 bits per heavy atom. The number of benzene rings is 1. The molecular formula is C16H23NO2. The first kappa shape index (κ1) is 13.9. The van der Waals surface area contributed by atoms with Crippen LogP contribution in [-0.2, 0) is 4.79 Å². The molecule has 1 aromatic rings. The number of hydrogen-bond acceptors (Lipinski definition) is 2. The summed E-state index contributed by atoms with van der Waals surface area (Å²) in [4.78, 5) is 14.0. The number of methoxy groups -OCH3 is 1. The standard InChI is InChI=1S/C16H23NO2/c1-3-4-5-16(18)17-11-10-14(12-17)13-6-8-15(19-2)9-7-13/h6-9,14H,3-5,10-12H2,1-2H3/t14-/m0/s1. The Bertz CT molecular complexity index is 413. The number of unbranched alkanes of at least 4 members (excludes halogenated alkanes) is 1. The minimum absolute atomic E-state index is 0.317. The average Bonchev–Trinajstić information content (AvgIpc) is 2.94. The van der Waals surface area contributed by atoms with Crippen LogP contribution in [0.25, 0.3) is 0 Å². The summed E-state index contributed by atoms with van der Waals surface area (Å²) >= 11 is 0. The lowest BCUT2D eigenvalue weighted by atomic mass is 9.98. The van der Waals surface area contributed by atoms with Crippen molar-refractivity contribution in [2.75, 3.05) is 20.2 Å². The van der Waals surface area contributed by atoms with Gasteiger partial charge in [-0.15, -0.1) is 0 Å². The molecule has 1 heterocycles. The number of likely N-dealkylation sites (tertiary alicyclic amines) is 1. The Morgan fingerprint density at radius 1 is 1.37 bits per heavy atom. The molecule has 0 unspecified atom stereocenters. The number of nitrogens with zero attached hydrogens (tertiary/aromatic N) is 1. The van der Waals surface area contributed by atoms with Crippen molar-refractivity contribution in [1.82, 2.24) is 4.90 Å². The van der Waals surface area contributed by atoms with Gasteiger partial charge in [0.1, 0.15) is 5.75 Å². The summed E-state index contributed by atoms with van der Waals surface area (Å²) < 4.78 is 5.17. The molecule has 0 saturated carbocycles. The fourth-order valence-corrected chi connectivity index (χ4v) is 2.62. The van der Waals surface area contributed by atoms with Crippen molar-refractivity contribution in [1.29, 1.82) is 0 Å². The zero-order valence-electron chi connectivity index (χ0n) is 11.9. The number of carbonyl (C=O) groups excluding carboxylic acids is 1. The van der Waals surface area contributed by atoms with Crippen molar-refractivity contribution in [3.05, 3.63) is 29.8 Å². The Hall–Kier alpha value is -1.51. The van der Waals surface area contributed by atoms with Crippen LogP contribution < -0.4 is 4.74 Å². The van der Waals surface area contributed by atoms with E-state index < -0.39 is 0 Å². The number of hydrogen-bond donors (Lipinski definition) is 0. The molecule has 0 bridgehead atoms. The predicted octanol–water partition coefficient (Wildman–Crippen LogP) is 3.20. The quantitative estimate of drug-likeness (QED) is 0.814. The molecule has 1 aromatic carbocycles. The lowest BCUT2D eigenvalue weighted by Gasteiger charge is -2.16. The highest BCUT2D eigenvalue weighted by atomic mass is 16.5. The highest BCUT2D eigenvalue weighted by molar-refractivity contribution is 5.76. The van der Waals surface area contributed by atoms with Crippen LogP contribution in [0.2, 0.25) is 0 Å². The van der Waals surface area contributed by atoms with Crippen molar-refractivity contribution in [3.63, 3.8) is 0 Å². The van der Waals surface area contributed by atoms with Gasteiger partial charge in [-0.1, -0.05) is 25.5 Å². The average molecular weight is 261 g/mol. The fraction of sp³-hybridized carbons (Fsp3) is 0.562. The minimum atomic E-state index is 0.317. The number of amides is 1. The summed E-state index contributed by atoms with van der Waals surface area (Å²) in [5.41, 5.74) is 1.31. The molecular weight excluding hydrogens is 238 g/mol. The minimum Gasteiger partial charge on any atom is -0.497 e. The van der Waals surface area contributed by atoms with Gasteiger partial charge >= 0.3 is 0 Å². The first-order chi connectivity index (χ1) is 9.24. The Kier molecular flexibility index (Phi) is 4.83. The third-order valence-electron chi connectivity index (χ3n) is 3.87. The van der Waals surface area contributed by atoms with Crippen LogP contribution in [0.15, 0.2) is 24.3 Å². The molecule has 1 amide bonds. The second kappa shape index (κ2) is 6.60. The van der Waals surface area contributed by atoms with Crippen LogP contribution in [0.4, 0.5) is 0 Å². The van der Waals surface area contributed by atoms with Crippen LogP contribution in [0.1, 0.15) is 44.1 Å². The van der Waals surface area contributed by atoms with Gasteiger partial charge in [0.2, 0.25) is 5.91 Å². The molecule has 1 fully saturated rings. The summed E-state index contributed by atoms with van der Waals surface area (Å²) in [5.74, 6) is 1.69. The van der Waals surface area contributed by atoms with Crippen LogP contribution in [0, 0.1) is 0 Å². The maximum atomic E-state index is 12.0. The molecule has 19 heavy (non-hydrogen) atoms. The summed E-state index contributed by atoms with van der Waals surface area (Å²) in [6.07, 6.45) is 3.86. The van der Waals surface area contributed by atoms with Gasteiger partial charge in [-0.05, 0) is 30.5 Å². The summed E-state index contributed by atoms with van der Waals surface area (Å²) in [6.45, 7) is 3.89. The van der Waals surface area contributed by atoms with Gasteiger partial charge in [0, 0.05) is 25.4 Å². The molecule has 1 atom stereocenters. The van der Waals surface area contributed by atoms with Crippen molar-refractivity contribution in [3.8, 4) is 5.75 Å². The Balaban J connectivity index is 1.91. The van der Waals surface area contributed by atoms with E-state index in [0.29, 0.717) is 18.2 Å². The first-order valence-corrected chi connectivity index (χ1v) is 7.16. The number of carbonyl (C=O) groups is 1. The normalized spacial score (nSPS) is 18.6. The second-order valence-electron chi connectivity index (χ2n) is 5.20. The van der Waals surface area contributed by atoms with Gasteiger partial charge in [-0.2, -0.15) is 0 Å². The molecule has 1 aliphatic rings. The van der Waals surface area contributed by atoms with E-state index in [0.717, 1.165) is 38.1 Å². The first-order valence-electron chi connectivity index (χ1n) is 7.16. The number of ether oxygens (including phenoxy) is 1. The van der Waals surface area contributed by atoms with E-state index in [4.69, 9.17) is 4.74 Å². The van der Waals surface area contributed by atoms with E-state index in [9.17, 15) is 4.79 Å². The monoisotopic (exact) mass is 261 g/mol. The zero-order chi connectivity index (χ0) is 13.7. The van der Waals surface area contributed by atoms with Crippen molar-refractivity contribution < 1.29 is 9.53 Å². The fourth-order valence-electron chi connectivity index (χ4n) is 2.62. The third kappa shape index (κ3) is 3.49. The summed E-state index contributed by atoms with van der Waals surface area (Å²) in [6, 6.07) is 8.22. The highest BCUT2D eigenvalue weighted by Gasteiger charge is 2.26. The molecule has 0 spiro atoms. The van der Waals surface area contributed by atoms with E-state index in [1.807, 2.05) is 17.0 Å². The SMILES string of the molecule is CCCCC(=O)N1CC[C@H](c2ccc(OC)cc2)C1. The van der Waals surface area contributed by atoms with E-state index in [-0.39, 0.29) is 0 Å². The van der Waals surface area contributed by atoms with Crippen LogP contribution in [0.3, 0.4) is 0 Å². The zero-order valence-corrected chi connectivity index (χ0v) is 11.9. The molecule has 0 aromatic heterocycles. The molecule has 1 saturated heterocycles. The van der Waals surface area contributed by atoms with Crippen LogP contribution in [0.5, 0.6) is 5.75 Å². The maximum Gasteiger partial charge on any atom is 0.222 e. The smallest absolute Gasteiger partial charge is 0.222 e. The molecule has 2 rings (SSSR count). The number of rotatable bonds is 5. The Morgan fingerprint density at radius 2 is 2.11 bits per heavy atom. The van der Waals surface area contributed by atoms with E-state index >= 15 is 0 Å². The molecule has 3 nitrogen and oxygen atoms in total. The van der Waals surface area contributed by atoms with E-state index in [1.165, 1.54) is 5.56 Å². The molecule has 0 radical (unpaired) electrons. The maximum absolute atomic E-state index is 12.0. The summed E-state index contributed by atoms with van der Waals surface area (Å²) in [7, 11) is 1.68. The van der Waals surface area contributed by atoms with Crippen molar-refractivity contribution >= 4 is 5.91 Å². The van der Waals surface area contributed by atoms with Gasteiger partial charge in [0.15, 0.2) is 0 Å². The van der Waals surface area contributed by atoms with E-state index in [1.54, 1.807) is 7.11 Å². The van der Waals surface area contributed by atoms with Gasteiger partial charge in [-0.3, -0.25) is 4.79 Å². The highest BCUT2D eigenvalue weighted by Crippen LogP contribution is 2.28. The van der Waals surface area contributed by atoms with Gasteiger partial charge in [-0.25, -0.2) is 0 Å². The van der Waals surface area contributed by atoms with Gasteiger partial charge < -0.3 is 9.64 Å². The molecule has 0 aliphatic carbocycles. The molecule has 104 valence electrons. The lowest BCUT2D eigenvalue weighted by molar-refractivity contribution is -0.130. The molecule has 3 heteroatoms. The van der Waals surface area contributed by atoms with Gasteiger partial charge in [0.25, 0.3) is 0 Å². The van der Waals surface area contributed by atoms with Crippen LogP contribution in [-0.4, -0.2) is 31.0 Å². The molecule has 1 aliphatic heterocycles. The molecule has 0 N–H and O–H groups in total. The Labute approximate surface area is 115 Å². The largest absolute Gasteiger partial charge is 0.497 e. The topological polar surface area (TPSA) is 29.5 Å². The van der Waals surface area contributed by atoms with Crippen molar-refractivity contribution in [2.45, 2.75) is 38.5 Å². The third-order valence-corrected chi connectivity index (χ3v) is 3.87. The predicted molar refractivity (Wildman–Crippen MR) is 76.5 cm³/mol. The summed E-state index contributed by atoms with van der Waals surface area (Å²) in [5, 5.41) is 0. The van der Waals surface area contributed by atoms with Crippen molar-refractivity contribution in [2.24, 2.45) is 0 Å². The van der Waals surface area contributed by atoms with E-state index in [2.05, 4.69) is 19.1 Å². The lowest BCUT2D eigenvalue weighted by Crippen LogP contribution is -2.28.